The average Bonchev–Trinajstić information content (AvgIpc) is 2.87. The van der Waals surface area contributed by atoms with Crippen molar-refractivity contribution in [2.45, 2.75) is 44.8 Å². The summed E-state index contributed by atoms with van der Waals surface area (Å²) in [5.74, 6) is -0.499. The van der Waals surface area contributed by atoms with Gasteiger partial charge < -0.3 is 9.80 Å². The third-order valence-electron chi connectivity index (χ3n) is 5.28. The zero-order chi connectivity index (χ0) is 18.9. The Kier molecular flexibility index (Phi) is 5.25. The molecule has 2 bridgehead atoms. The topological polar surface area (TPSA) is 40.6 Å². The molecule has 142 valence electrons. The highest BCUT2D eigenvalue weighted by Crippen LogP contribution is 2.33. The molecule has 0 radical (unpaired) electrons. The summed E-state index contributed by atoms with van der Waals surface area (Å²) in [6, 6.07) is 5.16. The van der Waals surface area contributed by atoms with Crippen LogP contribution >= 0.6 is 0 Å². The highest BCUT2D eigenvalue weighted by atomic mass is 19.4. The number of piperidine rings is 1. The van der Waals surface area contributed by atoms with E-state index in [1.807, 2.05) is 11.8 Å². The molecule has 0 N–H and O–H groups in total. The number of carbonyl (C=O) groups is 2. The highest BCUT2D eigenvalue weighted by Gasteiger charge is 2.41. The first-order valence-electron chi connectivity index (χ1n) is 9.04. The predicted octanol–water partition coefficient (Wildman–Crippen LogP) is 3.11. The molecule has 1 aromatic rings. The summed E-state index contributed by atoms with van der Waals surface area (Å²) in [5.41, 5.74) is -0.784. The first-order chi connectivity index (χ1) is 12.3. The van der Waals surface area contributed by atoms with Gasteiger partial charge in [-0.1, -0.05) is 25.1 Å². The second-order valence-electron chi connectivity index (χ2n) is 7.09. The monoisotopic (exact) mass is 368 g/mol. The van der Waals surface area contributed by atoms with Gasteiger partial charge in [-0.05, 0) is 30.9 Å². The molecule has 0 aliphatic carbocycles. The number of amides is 2. The number of halogens is 3. The fraction of sp³-hybridized carbons (Fsp3) is 0.579. The van der Waals surface area contributed by atoms with E-state index in [4.69, 9.17) is 0 Å². The lowest BCUT2D eigenvalue weighted by atomic mass is 9.94. The van der Waals surface area contributed by atoms with Gasteiger partial charge in [0.25, 0.3) is 0 Å². The third-order valence-corrected chi connectivity index (χ3v) is 5.28. The number of carbonyl (C=O) groups excluding carboxylic acids is 2. The molecular weight excluding hydrogens is 345 g/mol. The van der Waals surface area contributed by atoms with E-state index in [1.165, 1.54) is 18.2 Å². The summed E-state index contributed by atoms with van der Waals surface area (Å²) in [4.78, 5) is 28.7. The van der Waals surface area contributed by atoms with Crippen molar-refractivity contribution in [3.05, 3.63) is 35.4 Å². The van der Waals surface area contributed by atoms with Crippen molar-refractivity contribution >= 4 is 11.8 Å². The van der Waals surface area contributed by atoms with Gasteiger partial charge in [0, 0.05) is 25.7 Å². The van der Waals surface area contributed by atoms with E-state index in [9.17, 15) is 22.8 Å². The molecule has 3 aliphatic rings. The Morgan fingerprint density at radius 2 is 1.92 bits per heavy atom. The van der Waals surface area contributed by atoms with Crippen LogP contribution in [0.2, 0.25) is 0 Å². The maximum atomic E-state index is 13.2. The zero-order valence-corrected chi connectivity index (χ0v) is 14.8. The normalized spacial score (nSPS) is 23.3. The van der Waals surface area contributed by atoms with Gasteiger partial charge >= 0.3 is 6.18 Å². The van der Waals surface area contributed by atoms with Crippen LogP contribution in [0, 0.1) is 5.92 Å². The molecule has 3 heterocycles. The van der Waals surface area contributed by atoms with Crippen molar-refractivity contribution in [1.82, 2.24) is 9.80 Å². The second kappa shape index (κ2) is 7.29. The number of nitrogens with zero attached hydrogens (tertiary/aromatic N) is 2. The minimum atomic E-state index is -4.48. The molecule has 26 heavy (non-hydrogen) atoms. The Hall–Kier alpha value is -2.05. The number of alkyl halides is 3. The molecule has 0 spiro atoms. The van der Waals surface area contributed by atoms with Gasteiger partial charge in [0.05, 0.1) is 17.9 Å². The predicted molar refractivity (Wildman–Crippen MR) is 90.2 cm³/mol. The van der Waals surface area contributed by atoms with Crippen molar-refractivity contribution < 1.29 is 22.8 Å². The highest BCUT2D eigenvalue weighted by molar-refractivity contribution is 5.84. The van der Waals surface area contributed by atoms with Crippen LogP contribution in [-0.4, -0.2) is 47.3 Å². The summed E-state index contributed by atoms with van der Waals surface area (Å²) in [5, 5.41) is 0. The molecule has 4 nitrogen and oxygen atoms in total. The van der Waals surface area contributed by atoms with Crippen LogP contribution in [0.25, 0.3) is 0 Å². The van der Waals surface area contributed by atoms with Crippen LogP contribution in [0.4, 0.5) is 13.2 Å². The Bertz CT molecular complexity index is 690. The molecule has 7 heteroatoms. The van der Waals surface area contributed by atoms with Crippen LogP contribution in [0.15, 0.2) is 24.3 Å². The van der Waals surface area contributed by atoms with E-state index in [1.54, 1.807) is 4.90 Å². The van der Waals surface area contributed by atoms with Crippen molar-refractivity contribution in [3.63, 3.8) is 0 Å². The number of benzene rings is 1. The Balaban J connectivity index is 1.77. The van der Waals surface area contributed by atoms with Crippen LogP contribution in [-0.2, 0) is 22.2 Å². The first kappa shape index (κ1) is 18.7. The number of fused-ring (bicyclic) bond motifs is 4. The number of hydrogen-bond donors (Lipinski definition) is 0. The number of hydrogen-bond acceptors (Lipinski definition) is 2. The van der Waals surface area contributed by atoms with Crippen molar-refractivity contribution in [2.24, 2.45) is 5.92 Å². The lowest BCUT2D eigenvalue weighted by Gasteiger charge is -2.35. The van der Waals surface area contributed by atoms with Gasteiger partial charge in [-0.2, -0.15) is 13.2 Å². The molecule has 3 aliphatic heterocycles. The summed E-state index contributed by atoms with van der Waals surface area (Å²) in [6.07, 6.45) is -2.34. The van der Waals surface area contributed by atoms with Crippen molar-refractivity contribution in [1.29, 1.82) is 0 Å². The standard InChI is InChI=1S/C19H23F3N2O2/c1-2-9-24-15-8-7-14(18(24)26)11-23(12-15)17(25)10-13-5-3-4-6-16(13)19(20,21)22/h3-6,14-15H,2,7-12H2,1H3/t14-,15+/m0/s1. The molecule has 3 fully saturated rings. The van der Waals surface area contributed by atoms with E-state index in [2.05, 4.69) is 0 Å². The van der Waals surface area contributed by atoms with Gasteiger partial charge in [-0.25, -0.2) is 0 Å². The van der Waals surface area contributed by atoms with Gasteiger partial charge in [0.15, 0.2) is 0 Å². The molecule has 1 aromatic carbocycles. The Morgan fingerprint density at radius 1 is 1.19 bits per heavy atom. The molecule has 0 aromatic heterocycles. The van der Waals surface area contributed by atoms with Gasteiger partial charge in [-0.15, -0.1) is 0 Å². The zero-order valence-electron chi connectivity index (χ0n) is 14.8. The SMILES string of the molecule is CCCN1C(=O)[C@H]2CC[C@@H]1CN(C(=O)Cc1ccccc1C(F)(F)F)C2. The maximum Gasteiger partial charge on any atom is 0.416 e. The Morgan fingerprint density at radius 3 is 2.62 bits per heavy atom. The van der Waals surface area contributed by atoms with E-state index < -0.39 is 11.7 Å². The van der Waals surface area contributed by atoms with E-state index in [-0.39, 0.29) is 35.8 Å². The molecule has 2 atom stereocenters. The van der Waals surface area contributed by atoms with E-state index >= 15 is 0 Å². The largest absolute Gasteiger partial charge is 0.416 e. The van der Waals surface area contributed by atoms with Crippen LogP contribution in [0.5, 0.6) is 0 Å². The van der Waals surface area contributed by atoms with Crippen molar-refractivity contribution in [2.75, 3.05) is 19.6 Å². The van der Waals surface area contributed by atoms with Gasteiger partial charge in [0.2, 0.25) is 11.8 Å². The maximum absolute atomic E-state index is 13.2. The Labute approximate surface area is 151 Å². The van der Waals surface area contributed by atoms with Crippen LogP contribution < -0.4 is 0 Å². The summed E-state index contributed by atoms with van der Waals surface area (Å²) < 4.78 is 39.5. The second-order valence-corrected chi connectivity index (χ2v) is 7.09. The van der Waals surface area contributed by atoms with Gasteiger partial charge in [0.1, 0.15) is 0 Å². The number of rotatable bonds is 4. The fourth-order valence-electron chi connectivity index (χ4n) is 4.00. The lowest BCUT2D eigenvalue weighted by Crippen LogP contribution is -2.48. The van der Waals surface area contributed by atoms with E-state index in [0.717, 1.165) is 25.3 Å². The smallest absolute Gasteiger partial charge is 0.340 e. The summed E-state index contributed by atoms with van der Waals surface area (Å²) in [6.45, 7) is 3.39. The van der Waals surface area contributed by atoms with E-state index in [0.29, 0.717) is 19.6 Å². The molecular formula is C19H23F3N2O2. The minimum Gasteiger partial charge on any atom is -0.340 e. The molecule has 4 rings (SSSR count). The van der Waals surface area contributed by atoms with Crippen LogP contribution in [0.1, 0.15) is 37.3 Å². The lowest BCUT2D eigenvalue weighted by molar-refractivity contribution is -0.140. The van der Waals surface area contributed by atoms with Crippen molar-refractivity contribution in [3.8, 4) is 0 Å². The van der Waals surface area contributed by atoms with Gasteiger partial charge in [-0.3, -0.25) is 9.59 Å². The minimum absolute atomic E-state index is 0.0154. The quantitative estimate of drug-likeness (QED) is 0.819. The molecule has 0 unspecified atom stereocenters. The first-order valence-corrected chi connectivity index (χ1v) is 9.04. The summed E-state index contributed by atoms with van der Waals surface area (Å²) in [7, 11) is 0. The molecule has 2 amide bonds. The fourth-order valence-corrected chi connectivity index (χ4v) is 4.00. The average molecular weight is 368 g/mol. The van der Waals surface area contributed by atoms with Crippen LogP contribution in [0.3, 0.4) is 0 Å². The molecule has 3 saturated heterocycles. The third kappa shape index (κ3) is 3.71. The molecule has 0 saturated carbocycles. The summed E-state index contributed by atoms with van der Waals surface area (Å²) >= 11 is 0.